The largest absolute Gasteiger partial charge is 0.303 e. The fourth-order valence-corrected chi connectivity index (χ4v) is 2.23. The summed E-state index contributed by atoms with van der Waals surface area (Å²) in [7, 11) is 0. The number of aryl methyl sites for hydroxylation is 2. The van der Waals surface area contributed by atoms with Crippen LogP contribution in [0.25, 0.3) is 0 Å². The zero-order valence-corrected chi connectivity index (χ0v) is 12.1. The van der Waals surface area contributed by atoms with E-state index in [1.165, 1.54) is 0 Å². The van der Waals surface area contributed by atoms with Crippen molar-refractivity contribution in [1.29, 1.82) is 0 Å². The zero-order chi connectivity index (χ0) is 13.8. The van der Waals surface area contributed by atoms with Crippen molar-refractivity contribution in [2.45, 2.75) is 33.4 Å². The van der Waals surface area contributed by atoms with Crippen molar-refractivity contribution < 1.29 is 0 Å². The summed E-state index contributed by atoms with van der Waals surface area (Å²) in [5.74, 6) is 0.713. The lowest BCUT2D eigenvalue weighted by molar-refractivity contribution is 0.524. The van der Waals surface area contributed by atoms with Gasteiger partial charge in [0, 0.05) is 18.9 Å². The standard InChI is InChI=1S/C13H18ClN5/c1-4-15-11(13-16-6-9(3)7-17-13)12-10(14)8-18-19(12)5-2/h6-8,11,15H,4-5H2,1-3H3. The van der Waals surface area contributed by atoms with Crippen molar-refractivity contribution in [3.63, 3.8) is 0 Å². The van der Waals surface area contributed by atoms with E-state index in [4.69, 9.17) is 11.6 Å². The highest BCUT2D eigenvalue weighted by Gasteiger charge is 2.23. The van der Waals surface area contributed by atoms with E-state index in [1.807, 2.05) is 37.8 Å². The van der Waals surface area contributed by atoms with E-state index in [1.54, 1.807) is 6.20 Å². The number of rotatable bonds is 5. The average Bonchev–Trinajstić information content (AvgIpc) is 2.78. The predicted molar refractivity (Wildman–Crippen MR) is 75.2 cm³/mol. The quantitative estimate of drug-likeness (QED) is 0.913. The van der Waals surface area contributed by atoms with Crippen LogP contribution < -0.4 is 5.32 Å². The van der Waals surface area contributed by atoms with Crippen molar-refractivity contribution in [3.8, 4) is 0 Å². The minimum absolute atomic E-state index is 0.138. The normalized spacial score (nSPS) is 12.6. The minimum Gasteiger partial charge on any atom is -0.303 e. The summed E-state index contributed by atoms with van der Waals surface area (Å²) in [5.41, 5.74) is 1.95. The van der Waals surface area contributed by atoms with Crippen molar-refractivity contribution in [2.75, 3.05) is 6.54 Å². The second-order valence-corrected chi connectivity index (χ2v) is 4.71. The van der Waals surface area contributed by atoms with Crippen LogP contribution in [0, 0.1) is 6.92 Å². The van der Waals surface area contributed by atoms with Crippen LogP contribution in [0.3, 0.4) is 0 Å². The molecule has 0 aliphatic rings. The van der Waals surface area contributed by atoms with E-state index in [0.717, 1.165) is 24.3 Å². The van der Waals surface area contributed by atoms with Gasteiger partial charge in [-0.3, -0.25) is 4.68 Å². The number of nitrogens with zero attached hydrogens (tertiary/aromatic N) is 4. The molecule has 0 aromatic carbocycles. The Morgan fingerprint density at radius 3 is 2.53 bits per heavy atom. The molecule has 2 rings (SSSR count). The summed E-state index contributed by atoms with van der Waals surface area (Å²) in [5, 5.41) is 8.27. The summed E-state index contributed by atoms with van der Waals surface area (Å²) in [6.07, 6.45) is 5.29. The van der Waals surface area contributed by atoms with Crippen molar-refractivity contribution in [2.24, 2.45) is 0 Å². The number of hydrogen-bond acceptors (Lipinski definition) is 4. The summed E-state index contributed by atoms with van der Waals surface area (Å²) in [6, 6.07) is -0.138. The molecule has 0 saturated heterocycles. The highest BCUT2D eigenvalue weighted by Crippen LogP contribution is 2.26. The van der Waals surface area contributed by atoms with Crippen molar-refractivity contribution >= 4 is 11.6 Å². The Kier molecular flexibility index (Phi) is 4.50. The van der Waals surface area contributed by atoms with Crippen LogP contribution in [0.4, 0.5) is 0 Å². The monoisotopic (exact) mass is 279 g/mol. The fourth-order valence-electron chi connectivity index (χ4n) is 1.98. The highest BCUT2D eigenvalue weighted by molar-refractivity contribution is 6.31. The van der Waals surface area contributed by atoms with Crippen LogP contribution in [-0.4, -0.2) is 26.3 Å². The topological polar surface area (TPSA) is 55.6 Å². The van der Waals surface area contributed by atoms with Crippen molar-refractivity contribution in [3.05, 3.63) is 40.7 Å². The third-order valence-corrected chi connectivity index (χ3v) is 3.16. The molecule has 1 unspecified atom stereocenters. The maximum atomic E-state index is 6.26. The van der Waals surface area contributed by atoms with Gasteiger partial charge in [-0.25, -0.2) is 9.97 Å². The molecule has 2 aromatic rings. The van der Waals surface area contributed by atoms with Gasteiger partial charge < -0.3 is 5.32 Å². The number of aromatic nitrogens is 4. The lowest BCUT2D eigenvalue weighted by atomic mass is 10.2. The molecule has 0 bridgehead atoms. The van der Waals surface area contributed by atoms with Crippen molar-refractivity contribution in [1.82, 2.24) is 25.1 Å². The second kappa shape index (κ2) is 6.12. The van der Waals surface area contributed by atoms with Crippen LogP contribution in [-0.2, 0) is 6.54 Å². The third kappa shape index (κ3) is 2.93. The first-order chi connectivity index (χ1) is 9.17. The molecule has 5 nitrogen and oxygen atoms in total. The van der Waals surface area contributed by atoms with E-state index in [0.29, 0.717) is 10.8 Å². The van der Waals surface area contributed by atoms with E-state index < -0.39 is 0 Å². The Balaban J connectivity index is 2.44. The molecule has 1 N–H and O–H groups in total. The molecule has 2 heterocycles. The zero-order valence-electron chi connectivity index (χ0n) is 11.4. The van der Waals surface area contributed by atoms with Gasteiger partial charge in [-0.15, -0.1) is 0 Å². The minimum atomic E-state index is -0.138. The van der Waals surface area contributed by atoms with E-state index in [9.17, 15) is 0 Å². The first-order valence-electron chi connectivity index (χ1n) is 6.40. The van der Waals surface area contributed by atoms with Gasteiger partial charge in [0.15, 0.2) is 5.82 Å². The van der Waals surface area contributed by atoms with Gasteiger partial charge in [0.25, 0.3) is 0 Å². The summed E-state index contributed by atoms with van der Waals surface area (Å²) in [6.45, 7) is 7.60. The molecule has 19 heavy (non-hydrogen) atoms. The molecule has 6 heteroatoms. The predicted octanol–water partition coefficient (Wildman–Crippen LogP) is 2.35. The number of nitrogens with one attached hydrogen (secondary N) is 1. The molecule has 0 saturated carbocycles. The molecule has 1 atom stereocenters. The third-order valence-electron chi connectivity index (χ3n) is 2.87. The first-order valence-corrected chi connectivity index (χ1v) is 6.78. The van der Waals surface area contributed by atoms with Crippen LogP contribution in [0.5, 0.6) is 0 Å². The fraction of sp³-hybridized carbons (Fsp3) is 0.462. The Morgan fingerprint density at radius 1 is 1.26 bits per heavy atom. The molecule has 0 fully saturated rings. The Morgan fingerprint density at radius 2 is 1.95 bits per heavy atom. The number of hydrogen-bond donors (Lipinski definition) is 1. The Hall–Kier alpha value is -1.46. The van der Waals surface area contributed by atoms with E-state index in [-0.39, 0.29) is 6.04 Å². The van der Waals surface area contributed by atoms with Gasteiger partial charge in [0.2, 0.25) is 0 Å². The van der Waals surface area contributed by atoms with Crippen LogP contribution in [0.2, 0.25) is 5.02 Å². The Labute approximate surface area is 118 Å². The lowest BCUT2D eigenvalue weighted by Gasteiger charge is -2.18. The lowest BCUT2D eigenvalue weighted by Crippen LogP contribution is -2.27. The molecular weight excluding hydrogens is 262 g/mol. The van der Waals surface area contributed by atoms with E-state index >= 15 is 0 Å². The molecule has 0 amide bonds. The maximum absolute atomic E-state index is 6.26. The van der Waals surface area contributed by atoms with Crippen LogP contribution >= 0.6 is 11.6 Å². The molecule has 0 aliphatic carbocycles. The smallest absolute Gasteiger partial charge is 0.151 e. The summed E-state index contributed by atoms with van der Waals surface area (Å²) < 4.78 is 1.87. The molecule has 0 spiro atoms. The van der Waals surface area contributed by atoms with Crippen LogP contribution in [0.1, 0.15) is 37.0 Å². The van der Waals surface area contributed by atoms with Gasteiger partial charge >= 0.3 is 0 Å². The number of halogens is 1. The first kappa shape index (κ1) is 14.0. The van der Waals surface area contributed by atoms with Gasteiger partial charge in [0.05, 0.1) is 16.9 Å². The highest BCUT2D eigenvalue weighted by atomic mass is 35.5. The molecule has 2 aromatic heterocycles. The summed E-state index contributed by atoms with van der Waals surface area (Å²) >= 11 is 6.26. The maximum Gasteiger partial charge on any atom is 0.151 e. The van der Waals surface area contributed by atoms with Crippen LogP contribution in [0.15, 0.2) is 18.6 Å². The molecule has 0 aliphatic heterocycles. The molecule has 102 valence electrons. The molecule has 0 radical (unpaired) electrons. The van der Waals surface area contributed by atoms with Gasteiger partial charge in [-0.05, 0) is 26.0 Å². The average molecular weight is 280 g/mol. The summed E-state index contributed by atoms with van der Waals surface area (Å²) in [4.78, 5) is 8.79. The second-order valence-electron chi connectivity index (χ2n) is 4.30. The van der Waals surface area contributed by atoms with Gasteiger partial charge in [-0.2, -0.15) is 5.10 Å². The Bertz CT molecular complexity index is 534. The van der Waals surface area contributed by atoms with Gasteiger partial charge in [0.1, 0.15) is 6.04 Å². The van der Waals surface area contributed by atoms with Gasteiger partial charge in [-0.1, -0.05) is 18.5 Å². The van der Waals surface area contributed by atoms with E-state index in [2.05, 4.69) is 20.4 Å². The molecular formula is C13H18ClN5. The SMILES string of the molecule is CCNC(c1ncc(C)cn1)c1c(Cl)cnn1CC.